The molecule has 0 aliphatic carbocycles. The summed E-state index contributed by atoms with van der Waals surface area (Å²) in [6.45, 7) is 0. The van der Waals surface area contributed by atoms with E-state index in [1.807, 2.05) is 127 Å². The van der Waals surface area contributed by atoms with E-state index in [0.29, 0.717) is 34.3 Å². The van der Waals surface area contributed by atoms with E-state index in [2.05, 4.69) is 47.8 Å². The van der Waals surface area contributed by atoms with Crippen LogP contribution >= 0.6 is 47.8 Å². The van der Waals surface area contributed by atoms with Crippen molar-refractivity contribution in [2.75, 3.05) is 21.3 Å². The first kappa shape index (κ1) is 40.4. The summed E-state index contributed by atoms with van der Waals surface area (Å²) in [5.41, 5.74) is 6.62. The summed E-state index contributed by atoms with van der Waals surface area (Å²) >= 11 is 10.8. The molecule has 1 heterocycles. The summed E-state index contributed by atoms with van der Waals surface area (Å²) in [6.07, 6.45) is 5.27. The molecule has 9 nitrogen and oxygen atoms in total. The minimum atomic E-state index is -0.741. The first-order valence-corrected chi connectivity index (χ1v) is 20.1. The van der Waals surface area contributed by atoms with Crippen molar-refractivity contribution < 1.29 is 27.9 Å². The van der Waals surface area contributed by atoms with Crippen molar-refractivity contribution in [2.24, 2.45) is 15.0 Å². The summed E-state index contributed by atoms with van der Waals surface area (Å²) in [5.74, 6) is 1.73. The molecule has 0 saturated carbocycles. The molecule has 0 aromatic heterocycles. The summed E-state index contributed by atoms with van der Waals surface area (Å²) in [7, 11) is 2.58. The van der Waals surface area contributed by atoms with Crippen molar-refractivity contribution in [3.05, 3.63) is 158 Å². The molecule has 0 radical (unpaired) electrons. The number of rotatable bonds is 3. The Labute approximate surface area is 358 Å². The van der Waals surface area contributed by atoms with Crippen LogP contribution in [0.15, 0.2) is 156 Å². The monoisotopic (exact) mass is 945 g/mol. The first-order valence-electron chi connectivity index (χ1n) is 17.7. The van der Waals surface area contributed by atoms with E-state index in [4.69, 9.17) is 42.9 Å². The van der Waals surface area contributed by atoms with Crippen LogP contribution in [0.1, 0.15) is 16.7 Å². The van der Waals surface area contributed by atoms with Crippen LogP contribution in [0, 0.1) is 0 Å². The fraction of sp³-hybridized carbons (Fsp3) is 0.0714. The maximum atomic E-state index is 6.47. The molecule has 1 aliphatic heterocycles. The van der Waals surface area contributed by atoms with Crippen LogP contribution in [0.3, 0.4) is 0 Å². The van der Waals surface area contributed by atoms with Crippen molar-refractivity contribution in [1.29, 1.82) is 0 Å². The standard InChI is InChI=1S/C42H33B3Br3N3O6/c1-52-43-31-7-4-10-37(22-31)49-26-29-20-35(47)14-17-41(29)56-45(54-3)33-9-6-12-39(24-33)51-27-30-21-36(48)15-18-42(30)57-44(53-2)32-8-5-11-38(23-32)50-25-28-19-34(46)13-16-40(28)55-43/h4-27H,1-3H3. The maximum absolute atomic E-state index is 6.47. The van der Waals surface area contributed by atoms with Gasteiger partial charge in [0.2, 0.25) is 0 Å². The number of halogens is 3. The van der Waals surface area contributed by atoms with Gasteiger partial charge in [0.1, 0.15) is 17.2 Å². The molecule has 0 unspecified atom stereocenters. The zero-order valence-electron chi connectivity index (χ0n) is 31.0. The Morgan fingerprint density at radius 1 is 0.404 bits per heavy atom. The van der Waals surface area contributed by atoms with Crippen molar-refractivity contribution >= 4 is 121 Å². The summed E-state index contributed by atoms with van der Waals surface area (Å²) in [5, 5.41) is 0. The molecular weight excluding hydrogens is 915 g/mol. The Balaban J connectivity index is 1.32. The van der Waals surface area contributed by atoms with Gasteiger partial charge >= 0.3 is 21.4 Å². The van der Waals surface area contributed by atoms with Gasteiger partial charge in [0.25, 0.3) is 0 Å². The van der Waals surface area contributed by atoms with Crippen LogP contribution < -0.4 is 30.4 Å². The highest BCUT2D eigenvalue weighted by Gasteiger charge is 2.26. The molecule has 0 atom stereocenters. The second-order valence-corrected chi connectivity index (χ2v) is 15.4. The molecule has 0 amide bonds. The minimum absolute atomic E-state index is 0.576. The average molecular weight is 948 g/mol. The fourth-order valence-corrected chi connectivity index (χ4v) is 7.11. The predicted molar refractivity (Wildman–Crippen MR) is 243 cm³/mol. The minimum Gasteiger partial charge on any atom is -0.532 e. The Bertz CT molecular complexity index is 2200. The van der Waals surface area contributed by atoms with Crippen LogP contribution in [0.4, 0.5) is 17.1 Å². The van der Waals surface area contributed by atoms with Gasteiger partial charge in [-0.2, -0.15) is 0 Å². The lowest BCUT2D eigenvalue weighted by Crippen LogP contribution is -2.39. The van der Waals surface area contributed by atoms with E-state index < -0.39 is 21.4 Å². The van der Waals surface area contributed by atoms with Gasteiger partial charge in [0, 0.05) is 70.1 Å². The molecule has 57 heavy (non-hydrogen) atoms. The third-order valence-electron chi connectivity index (χ3n) is 8.74. The fourth-order valence-electron chi connectivity index (χ4n) is 5.97. The molecule has 6 aromatic rings. The zero-order chi connectivity index (χ0) is 39.7. The lowest BCUT2D eigenvalue weighted by molar-refractivity contribution is 0.348. The Kier molecular flexibility index (Phi) is 13.6. The lowest BCUT2D eigenvalue weighted by atomic mass is 9.78. The first-order chi connectivity index (χ1) is 27.8. The molecular formula is C42H33B3Br3N3O6. The van der Waals surface area contributed by atoms with Gasteiger partial charge in [-0.15, -0.1) is 0 Å². The molecule has 7 rings (SSSR count). The van der Waals surface area contributed by atoms with Gasteiger partial charge in [-0.3, -0.25) is 15.0 Å². The van der Waals surface area contributed by atoms with Gasteiger partial charge in [-0.05, 0) is 107 Å². The second kappa shape index (κ2) is 19.1. The van der Waals surface area contributed by atoms with Gasteiger partial charge in [-0.1, -0.05) is 84.2 Å². The largest absolute Gasteiger partial charge is 0.562 e. The zero-order valence-corrected chi connectivity index (χ0v) is 35.8. The van der Waals surface area contributed by atoms with E-state index >= 15 is 0 Å². The van der Waals surface area contributed by atoms with Gasteiger partial charge in [-0.25, -0.2) is 0 Å². The summed E-state index contributed by atoms with van der Waals surface area (Å²) < 4.78 is 39.6. The maximum Gasteiger partial charge on any atom is 0.562 e. The average Bonchev–Trinajstić information content (AvgIpc) is 3.23. The highest BCUT2D eigenvalue weighted by atomic mass is 79.9. The van der Waals surface area contributed by atoms with Crippen LogP contribution in [-0.2, 0) is 14.0 Å². The molecule has 0 fully saturated rings. The summed E-state index contributed by atoms with van der Waals surface area (Å²) in [4.78, 5) is 14.5. The number of aliphatic imine (C=N–C) groups is 3. The van der Waals surface area contributed by atoms with Crippen LogP contribution in [0.2, 0.25) is 0 Å². The molecule has 15 heteroatoms. The van der Waals surface area contributed by atoms with Crippen molar-refractivity contribution in [1.82, 2.24) is 0 Å². The quantitative estimate of drug-likeness (QED) is 0.165. The molecule has 6 aromatic carbocycles. The molecule has 0 saturated heterocycles. The van der Waals surface area contributed by atoms with Gasteiger partial charge in [0.05, 0.1) is 17.1 Å². The van der Waals surface area contributed by atoms with E-state index in [0.717, 1.165) is 46.5 Å². The van der Waals surface area contributed by atoms with Crippen molar-refractivity contribution in [3.63, 3.8) is 0 Å². The van der Waals surface area contributed by atoms with Crippen molar-refractivity contribution in [3.8, 4) is 17.2 Å². The van der Waals surface area contributed by atoms with Crippen LogP contribution in [-0.4, -0.2) is 61.3 Å². The normalized spacial score (nSPS) is 13.1. The van der Waals surface area contributed by atoms with Crippen molar-refractivity contribution in [2.45, 2.75) is 0 Å². The number of hydrogen-bond donors (Lipinski definition) is 0. The Hall–Kier alpha value is -4.76. The Morgan fingerprint density at radius 3 is 0.982 bits per heavy atom. The summed E-state index contributed by atoms with van der Waals surface area (Å²) in [6, 6.07) is 40.2. The molecule has 0 spiro atoms. The van der Waals surface area contributed by atoms with E-state index in [1.54, 1.807) is 40.0 Å². The highest BCUT2D eigenvalue weighted by molar-refractivity contribution is 9.11. The highest BCUT2D eigenvalue weighted by Crippen LogP contribution is 2.27. The third-order valence-corrected chi connectivity index (χ3v) is 10.2. The number of benzene rings is 6. The molecule has 6 bridgehead atoms. The van der Waals surface area contributed by atoms with Gasteiger partial charge in [0.15, 0.2) is 0 Å². The molecule has 282 valence electrons. The lowest BCUT2D eigenvalue weighted by Gasteiger charge is -2.16. The van der Waals surface area contributed by atoms with Crippen LogP contribution in [0.25, 0.3) is 0 Å². The third kappa shape index (κ3) is 10.4. The SMILES string of the molecule is COB1Oc2ccc(Br)cc2C=Nc2cccc(c2)B(OC)Oc2ccc(Br)cc2C=Nc2cccc(c2)B(OC)Oc2ccc(Br)cc2C=Nc2cccc1c2. The predicted octanol–water partition coefficient (Wildman–Crippen LogP) is 8.80. The molecule has 1 aliphatic rings. The van der Waals surface area contributed by atoms with Crippen LogP contribution in [0.5, 0.6) is 17.2 Å². The van der Waals surface area contributed by atoms with Gasteiger partial charge < -0.3 is 27.9 Å². The second-order valence-electron chi connectivity index (χ2n) is 12.7. The van der Waals surface area contributed by atoms with E-state index in [9.17, 15) is 0 Å². The van der Waals surface area contributed by atoms with E-state index in [1.165, 1.54) is 0 Å². The number of hydrogen-bond acceptors (Lipinski definition) is 9. The number of nitrogens with zero attached hydrogens (tertiary/aromatic N) is 3. The topological polar surface area (TPSA) is 92.5 Å². The Morgan fingerprint density at radius 2 is 0.702 bits per heavy atom. The van der Waals surface area contributed by atoms with E-state index in [-0.39, 0.29) is 0 Å². The number of fused-ring (bicyclic) bond motifs is 9. The molecule has 0 N–H and O–H groups in total. The smallest absolute Gasteiger partial charge is 0.532 e.